The molecule has 2 rings (SSSR count). The number of furan rings is 1. The summed E-state index contributed by atoms with van der Waals surface area (Å²) in [6, 6.07) is 4.29. The lowest BCUT2D eigenvalue weighted by atomic mass is 10.0. The van der Waals surface area contributed by atoms with Gasteiger partial charge < -0.3 is 14.8 Å². The van der Waals surface area contributed by atoms with Crippen molar-refractivity contribution in [2.75, 3.05) is 0 Å². The van der Waals surface area contributed by atoms with Gasteiger partial charge in [0.25, 0.3) is 11.6 Å². The summed E-state index contributed by atoms with van der Waals surface area (Å²) < 4.78 is 5.32. The van der Waals surface area contributed by atoms with E-state index in [1.165, 1.54) is 24.3 Å². The second kappa shape index (κ2) is 6.47. The Kier molecular flexibility index (Phi) is 4.63. The molecule has 8 heteroatoms. The highest BCUT2D eigenvalue weighted by atomic mass is 16.6. The smallest absolute Gasteiger partial charge is 0.326 e. The second-order valence-corrected chi connectivity index (χ2v) is 5.58. The second-order valence-electron chi connectivity index (χ2n) is 5.58. The van der Waals surface area contributed by atoms with E-state index in [0.29, 0.717) is 11.0 Å². The number of amides is 1. The third-order valence-corrected chi connectivity index (χ3v) is 3.25. The summed E-state index contributed by atoms with van der Waals surface area (Å²) in [5.74, 6) is -1.79. The first-order valence-electron chi connectivity index (χ1n) is 6.99. The Balaban J connectivity index is 2.23. The van der Waals surface area contributed by atoms with Gasteiger partial charge in [-0.3, -0.25) is 14.9 Å². The molecule has 0 fully saturated rings. The first kappa shape index (κ1) is 16.5. The molecule has 0 radical (unpaired) electrons. The van der Waals surface area contributed by atoms with Crippen LogP contribution in [0.4, 0.5) is 5.69 Å². The minimum atomic E-state index is -1.13. The van der Waals surface area contributed by atoms with Gasteiger partial charge in [0.15, 0.2) is 5.76 Å². The fourth-order valence-electron chi connectivity index (χ4n) is 2.18. The van der Waals surface area contributed by atoms with Gasteiger partial charge in [-0.25, -0.2) is 4.79 Å². The van der Waals surface area contributed by atoms with Gasteiger partial charge >= 0.3 is 5.97 Å². The van der Waals surface area contributed by atoms with E-state index >= 15 is 0 Å². The third-order valence-electron chi connectivity index (χ3n) is 3.25. The molecule has 122 valence electrons. The zero-order valence-electron chi connectivity index (χ0n) is 12.6. The van der Waals surface area contributed by atoms with Crippen molar-refractivity contribution in [1.29, 1.82) is 0 Å². The summed E-state index contributed by atoms with van der Waals surface area (Å²) in [7, 11) is 0. The van der Waals surface area contributed by atoms with Gasteiger partial charge in [0.05, 0.1) is 4.92 Å². The number of carboxylic acids is 1. The molecule has 0 aliphatic heterocycles. The van der Waals surface area contributed by atoms with Crippen LogP contribution in [0.5, 0.6) is 0 Å². The summed E-state index contributed by atoms with van der Waals surface area (Å²) >= 11 is 0. The van der Waals surface area contributed by atoms with E-state index in [9.17, 15) is 19.7 Å². The highest BCUT2D eigenvalue weighted by molar-refractivity contribution is 5.98. The maximum atomic E-state index is 12.1. The van der Waals surface area contributed by atoms with Gasteiger partial charge in [0.2, 0.25) is 0 Å². The maximum absolute atomic E-state index is 12.1. The maximum Gasteiger partial charge on any atom is 0.326 e. The highest BCUT2D eigenvalue weighted by Gasteiger charge is 2.23. The van der Waals surface area contributed by atoms with Crippen LogP contribution in [0.25, 0.3) is 11.0 Å². The number of carbonyl (C=O) groups excluding carboxylic acids is 1. The minimum Gasteiger partial charge on any atom is -0.480 e. The number of nitro benzene ring substituents is 1. The number of hydrogen-bond acceptors (Lipinski definition) is 5. The van der Waals surface area contributed by atoms with Crippen LogP contribution in [0.15, 0.2) is 28.7 Å². The van der Waals surface area contributed by atoms with E-state index in [-0.39, 0.29) is 23.8 Å². The number of rotatable bonds is 6. The molecule has 1 atom stereocenters. The summed E-state index contributed by atoms with van der Waals surface area (Å²) in [4.78, 5) is 33.5. The van der Waals surface area contributed by atoms with Crippen LogP contribution in [0, 0.1) is 16.0 Å². The number of nitrogens with zero attached hydrogens (tertiary/aromatic N) is 1. The van der Waals surface area contributed by atoms with Crippen LogP contribution in [0.1, 0.15) is 30.8 Å². The van der Waals surface area contributed by atoms with Crippen LogP contribution >= 0.6 is 0 Å². The zero-order chi connectivity index (χ0) is 17.1. The van der Waals surface area contributed by atoms with Crippen molar-refractivity contribution < 1.29 is 24.0 Å². The predicted molar refractivity (Wildman–Crippen MR) is 81.2 cm³/mol. The van der Waals surface area contributed by atoms with Gasteiger partial charge in [0, 0.05) is 17.5 Å². The van der Waals surface area contributed by atoms with E-state index in [1.54, 1.807) is 0 Å². The summed E-state index contributed by atoms with van der Waals surface area (Å²) in [5.41, 5.74) is 0.199. The largest absolute Gasteiger partial charge is 0.480 e. The molecule has 1 aromatic heterocycles. The zero-order valence-corrected chi connectivity index (χ0v) is 12.6. The van der Waals surface area contributed by atoms with Crippen molar-refractivity contribution in [2.45, 2.75) is 26.3 Å². The summed E-state index contributed by atoms with van der Waals surface area (Å²) in [6.45, 7) is 3.70. The lowest BCUT2D eigenvalue weighted by Gasteiger charge is -2.15. The van der Waals surface area contributed by atoms with Gasteiger partial charge in [-0.05, 0) is 24.5 Å². The number of non-ortho nitro benzene ring substituents is 1. The first-order valence-corrected chi connectivity index (χ1v) is 6.99. The molecule has 0 bridgehead atoms. The molecule has 2 N–H and O–H groups in total. The van der Waals surface area contributed by atoms with Crippen molar-refractivity contribution in [3.05, 3.63) is 40.1 Å². The first-order chi connectivity index (χ1) is 10.8. The Morgan fingerprint density at radius 1 is 1.35 bits per heavy atom. The number of hydrogen-bond donors (Lipinski definition) is 2. The van der Waals surface area contributed by atoms with Crippen molar-refractivity contribution in [3.8, 4) is 0 Å². The molecule has 8 nitrogen and oxygen atoms in total. The fraction of sp³-hybridized carbons (Fsp3) is 0.333. The quantitative estimate of drug-likeness (QED) is 0.623. The molecular formula is C15H16N2O6. The van der Waals surface area contributed by atoms with Gasteiger partial charge in [-0.15, -0.1) is 0 Å². The van der Waals surface area contributed by atoms with Crippen LogP contribution in [-0.2, 0) is 4.79 Å². The Labute approximate surface area is 131 Å². The molecule has 1 heterocycles. The topological polar surface area (TPSA) is 123 Å². The number of benzene rings is 1. The van der Waals surface area contributed by atoms with Crippen molar-refractivity contribution in [2.24, 2.45) is 5.92 Å². The average molecular weight is 320 g/mol. The molecule has 0 aliphatic rings. The molecular weight excluding hydrogens is 304 g/mol. The van der Waals surface area contributed by atoms with Gasteiger partial charge in [-0.2, -0.15) is 0 Å². The van der Waals surface area contributed by atoms with E-state index in [0.717, 1.165) is 0 Å². The van der Waals surface area contributed by atoms with Gasteiger partial charge in [0.1, 0.15) is 11.6 Å². The summed E-state index contributed by atoms with van der Waals surface area (Å²) in [5, 5.41) is 22.7. The van der Waals surface area contributed by atoms with Crippen LogP contribution < -0.4 is 5.32 Å². The monoisotopic (exact) mass is 320 g/mol. The van der Waals surface area contributed by atoms with Crippen molar-refractivity contribution >= 4 is 28.5 Å². The highest BCUT2D eigenvalue weighted by Crippen LogP contribution is 2.24. The lowest BCUT2D eigenvalue weighted by molar-refractivity contribution is -0.384. The van der Waals surface area contributed by atoms with E-state index in [1.807, 2.05) is 13.8 Å². The number of carbonyl (C=O) groups is 2. The number of aliphatic carboxylic acids is 1. The van der Waals surface area contributed by atoms with Crippen LogP contribution in [0.2, 0.25) is 0 Å². The van der Waals surface area contributed by atoms with Gasteiger partial charge in [-0.1, -0.05) is 13.8 Å². The average Bonchev–Trinajstić information content (AvgIpc) is 2.88. The lowest BCUT2D eigenvalue weighted by Crippen LogP contribution is -2.41. The Morgan fingerprint density at radius 2 is 2.04 bits per heavy atom. The number of nitrogens with one attached hydrogen (secondary N) is 1. The molecule has 2 aromatic rings. The molecule has 0 saturated carbocycles. The van der Waals surface area contributed by atoms with E-state index in [2.05, 4.69) is 5.32 Å². The molecule has 0 unspecified atom stereocenters. The number of nitro groups is 1. The molecule has 1 amide bonds. The van der Waals surface area contributed by atoms with Crippen molar-refractivity contribution in [1.82, 2.24) is 5.32 Å². The number of fused-ring (bicyclic) bond motifs is 1. The number of carboxylic acid groups (broad SMARTS) is 1. The molecule has 0 spiro atoms. The van der Waals surface area contributed by atoms with Crippen LogP contribution in [-0.4, -0.2) is 27.9 Å². The fourth-order valence-corrected chi connectivity index (χ4v) is 2.18. The predicted octanol–water partition coefficient (Wildman–Crippen LogP) is 2.57. The van der Waals surface area contributed by atoms with Crippen LogP contribution in [0.3, 0.4) is 0 Å². The van der Waals surface area contributed by atoms with E-state index in [4.69, 9.17) is 9.52 Å². The van der Waals surface area contributed by atoms with Crippen molar-refractivity contribution in [3.63, 3.8) is 0 Å². The van der Waals surface area contributed by atoms with E-state index < -0.39 is 22.8 Å². The summed E-state index contributed by atoms with van der Waals surface area (Å²) in [6.07, 6.45) is 0.284. The molecule has 23 heavy (non-hydrogen) atoms. The molecule has 0 aliphatic carbocycles. The SMILES string of the molecule is CC(C)C[C@H](NC(=O)c1cc2cc([N+](=O)[O-])ccc2o1)C(=O)O. The molecule has 0 saturated heterocycles. The normalized spacial score (nSPS) is 12.3. The Hall–Kier alpha value is -2.90. The third kappa shape index (κ3) is 3.85. The minimum absolute atomic E-state index is 0.0875. The Bertz CT molecular complexity index is 764. The standard InChI is InChI=1S/C15H16N2O6/c1-8(2)5-11(15(19)20)16-14(18)13-7-9-6-10(17(21)22)3-4-12(9)23-13/h3-4,6-8,11H,5H2,1-2H3,(H,16,18)(H,19,20)/t11-/m0/s1. The Morgan fingerprint density at radius 3 is 2.61 bits per heavy atom. The molecule has 1 aromatic carbocycles.